The predicted octanol–water partition coefficient (Wildman–Crippen LogP) is 13.8. The van der Waals surface area contributed by atoms with Gasteiger partial charge in [0, 0.05) is 34.1 Å². The molecule has 244 valence electrons. The quantitative estimate of drug-likeness (QED) is 0.144. The van der Waals surface area contributed by atoms with Crippen LogP contribution in [0.3, 0.4) is 0 Å². The second-order valence-corrected chi connectivity index (χ2v) is 13.6. The molecule has 2 nitrogen and oxygen atoms in total. The van der Waals surface area contributed by atoms with E-state index >= 15 is 0 Å². The molecule has 50 heavy (non-hydrogen) atoms. The van der Waals surface area contributed by atoms with Gasteiger partial charge >= 0.3 is 0 Å². The number of rotatable bonds is 9. The molecule has 0 saturated carbocycles. The molecule has 7 aromatic rings. The number of nitrogens with zero attached hydrogens (tertiary/aromatic N) is 2. The standard InChI is InChI=1S/C48H42N2/c1-48(2,3)41-27-35-47(36-28-41)50(46-33-25-40(26-34-46)39-13-7-4-8-14-39)45-31-23-38(24-32-45)20-19-37-21-29-44(30-22-37)49(42-15-9-5-10-16-42)43-17-11-6-12-18-43/h4-36H,1-3H3/b20-19+. The smallest absolute Gasteiger partial charge is 0.0462 e. The minimum Gasteiger partial charge on any atom is -0.311 e. The summed E-state index contributed by atoms with van der Waals surface area (Å²) in [4.78, 5) is 4.61. The Hall–Kier alpha value is -6.12. The Balaban J connectivity index is 1.14. The number of hydrogen-bond donors (Lipinski definition) is 0. The number of para-hydroxylation sites is 2. The molecule has 0 aliphatic carbocycles. The van der Waals surface area contributed by atoms with Crippen LogP contribution in [0, 0.1) is 0 Å². The van der Waals surface area contributed by atoms with E-state index in [-0.39, 0.29) is 5.41 Å². The van der Waals surface area contributed by atoms with Crippen LogP contribution in [0.2, 0.25) is 0 Å². The minimum atomic E-state index is 0.0954. The van der Waals surface area contributed by atoms with E-state index in [9.17, 15) is 0 Å². The fraction of sp³-hybridized carbons (Fsp3) is 0.0833. The summed E-state index contributed by atoms with van der Waals surface area (Å²) in [5, 5.41) is 0. The molecule has 0 unspecified atom stereocenters. The molecule has 0 spiro atoms. The fourth-order valence-corrected chi connectivity index (χ4v) is 6.25. The SMILES string of the molecule is CC(C)(C)c1ccc(N(c2ccc(/C=C/c3ccc(N(c4ccccc4)c4ccccc4)cc3)cc2)c2ccc(-c3ccccc3)cc2)cc1. The molecular weight excluding hydrogens is 605 g/mol. The van der Waals surface area contributed by atoms with Crippen LogP contribution in [0.15, 0.2) is 188 Å². The van der Waals surface area contributed by atoms with Gasteiger partial charge in [0.15, 0.2) is 0 Å². The van der Waals surface area contributed by atoms with Crippen LogP contribution >= 0.6 is 0 Å². The lowest BCUT2D eigenvalue weighted by Crippen LogP contribution is -2.13. The molecule has 2 heteroatoms. The third-order valence-electron chi connectivity index (χ3n) is 9.02. The van der Waals surface area contributed by atoms with E-state index in [0.29, 0.717) is 0 Å². The fourth-order valence-electron chi connectivity index (χ4n) is 6.25. The van der Waals surface area contributed by atoms with Crippen LogP contribution in [-0.4, -0.2) is 0 Å². The van der Waals surface area contributed by atoms with Crippen molar-refractivity contribution in [1.29, 1.82) is 0 Å². The first-order chi connectivity index (χ1) is 24.4. The van der Waals surface area contributed by atoms with Crippen molar-refractivity contribution in [1.82, 2.24) is 0 Å². The Morgan fingerprint density at radius 1 is 0.320 bits per heavy atom. The van der Waals surface area contributed by atoms with Crippen LogP contribution in [-0.2, 0) is 5.41 Å². The summed E-state index contributed by atoms with van der Waals surface area (Å²) in [5.74, 6) is 0. The van der Waals surface area contributed by atoms with Crippen molar-refractivity contribution in [2.24, 2.45) is 0 Å². The van der Waals surface area contributed by atoms with Crippen molar-refractivity contribution < 1.29 is 0 Å². The van der Waals surface area contributed by atoms with Gasteiger partial charge in [0.05, 0.1) is 0 Å². The maximum atomic E-state index is 2.33. The van der Waals surface area contributed by atoms with E-state index in [0.717, 1.165) is 45.3 Å². The average Bonchev–Trinajstić information content (AvgIpc) is 3.17. The van der Waals surface area contributed by atoms with E-state index in [1.54, 1.807) is 0 Å². The monoisotopic (exact) mass is 646 g/mol. The highest BCUT2D eigenvalue weighted by molar-refractivity contribution is 5.81. The third kappa shape index (κ3) is 7.46. The molecule has 0 amide bonds. The molecule has 0 fully saturated rings. The summed E-state index contributed by atoms with van der Waals surface area (Å²) in [7, 11) is 0. The molecule has 7 aromatic carbocycles. The average molecular weight is 647 g/mol. The highest BCUT2D eigenvalue weighted by Gasteiger charge is 2.17. The van der Waals surface area contributed by atoms with E-state index in [1.165, 1.54) is 16.7 Å². The van der Waals surface area contributed by atoms with Gasteiger partial charge in [0.25, 0.3) is 0 Å². The Labute approximate surface area is 297 Å². The zero-order valence-corrected chi connectivity index (χ0v) is 28.9. The molecule has 0 atom stereocenters. The maximum Gasteiger partial charge on any atom is 0.0462 e. The van der Waals surface area contributed by atoms with Crippen molar-refractivity contribution >= 4 is 46.3 Å². The van der Waals surface area contributed by atoms with Crippen LogP contribution in [0.25, 0.3) is 23.3 Å². The summed E-state index contributed by atoms with van der Waals surface area (Å²) in [6, 6.07) is 66.9. The summed E-state index contributed by atoms with van der Waals surface area (Å²) in [5.41, 5.74) is 12.9. The lowest BCUT2D eigenvalue weighted by Gasteiger charge is -2.27. The van der Waals surface area contributed by atoms with Gasteiger partial charge in [-0.3, -0.25) is 0 Å². The van der Waals surface area contributed by atoms with Gasteiger partial charge in [0.1, 0.15) is 0 Å². The first-order valence-electron chi connectivity index (χ1n) is 17.3. The highest BCUT2D eigenvalue weighted by Crippen LogP contribution is 2.38. The second kappa shape index (κ2) is 14.6. The van der Waals surface area contributed by atoms with Crippen molar-refractivity contribution in [3.63, 3.8) is 0 Å². The molecule has 0 bridgehead atoms. The molecule has 0 aliphatic heterocycles. The van der Waals surface area contributed by atoms with Crippen LogP contribution < -0.4 is 9.80 Å². The Bertz CT molecular complexity index is 2090. The van der Waals surface area contributed by atoms with Gasteiger partial charge < -0.3 is 9.80 Å². The van der Waals surface area contributed by atoms with Gasteiger partial charge in [-0.1, -0.05) is 148 Å². The van der Waals surface area contributed by atoms with Crippen molar-refractivity contribution in [2.45, 2.75) is 26.2 Å². The molecule has 0 aromatic heterocycles. The van der Waals surface area contributed by atoms with Crippen molar-refractivity contribution in [3.05, 3.63) is 205 Å². The van der Waals surface area contributed by atoms with Crippen LogP contribution in [0.5, 0.6) is 0 Å². The maximum absolute atomic E-state index is 2.33. The van der Waals surface area contributed by atoms with Crippen LogP contribution in [0.4, 0.5) is 34.1 Å². The Kier molecular flexibility index (Phi) is 9.44. The molecule has 0 aliphatic rings. The predicted molar refractivity (Wildman–Crippen MR) is 215 cm³/mol. The zero-order chi connectivity index (χ0) is 34.3. The number of anilines is 6. The normalized spacial score (nSPS) is 11.4. The summed E-state index contributed by atoms with van der Waals surface area (Å²) in [6.07, 6.45) is 4.36. The number of benzene rings is 7. The lowest BCUT2D eigenvalue weighted by atomic mass is 9.87. The van der Waals surface area contributed by atoms with Gasteiger partial charge in [-0.2, -0.15) is 0 Å². The summed E-state index contributed by atoms with van der Waals surface area (Å²) >= 11 is 0. The van der Waals surface area contributed by atoms with E-state index in [2.05, 4.69) is 231 Å². The topological polar surface area (TPSA) is 6.48 Å². The van der Waals surface area contributed by atoms with E-state index < -0.39 is 0 Å². The molecule has 0 radical (unpaired) electrons. The minimum absolute atomic E-state index is 0.0954. The zero-order valence-electron chi connectivity index (χ0n) is 28.9. The molecule has 0 heterocycles. The molecular formula is C48H42N2. The van der Waals surface area contributed by atoms with Gasteiger partial charge in [0.2, 0.25) is 0 Å². The highest BCUT2D eigenvalue weighted by atomic mass is 15.1. The Morgan fingerprint density at radius 3 is 1.00 bits per heavy atom. The van der Waals surface area contributed by atoms with Crippen LogP contribution in [0.1, 0.15) is 37.5 Å². The molecule has 0 N–H and O–H groups in total. The van der Waals surface area contributed by atoms with Gasteiger partial charge in [-0.15, -0.1) is 0 Å². The Morgan fingerprint density at radius 2 is 0.620 bits per heavy atom. The van der Waals surface area contributed by atoms with Gasteiger partial charge in [-0.05, 0) is 106 Å². The molecule has 7 rings (SSSR count). The first kappa shape index (κ1) is 32.4. The third-order valence-corrected chi connectivity index (χ3v) is 9.02. The van der Waals surface area contributed by atoms with Crippen molar-refractivity contribution in [2.75, 3.05) is 9.80 Å². The summed E-state index contributed by atoms with van der Waals surface area (Å²) < 4.78 is 0. The van der Waals surface area contributed by atoms with E-state index in [4.69, 9.17) is 0 Å². The largest absolute Gasteiger partial charge is 0.311 e. The second-order valence-electron chi connectivity index (χ2n) is 13.6. The number of hydrogen-bond acceptors (Lipinski definition) is 2. The lowest BCUT2D eigenvalue weighted by molar-refractivity contribution is 0.590. The van der Waals surface area contributed by atoms with E-state index in [1.807, 2.05) is 0 Å². The molecule has 0 saturated heterocycles. The first-order valence-corrected chi connectivity index (χ1v) is 17.3. The summed E-state index contributed by atoms with van der Waals surface area (Å²) in [6.45, 7) is 6.77. The van der Waals surface area contributed by atoms with Crippen molar-refractivity contribution in [3.8, 4) is 11.1 Å². The van der Waals surface area contributed by atoms with Gasteiger partial charge in [-0.25, -0.2) is 0 Å².